The molecule has 0 aromatic heterocycles. The Morgan fingerprint density at radius 3 is 2.40 bits per heavy atom. The van der Waals surface area contributed by atoms with Crippen molar-refractivity contribution in [1.82, 2.24) is 5.32 Å². The van der Waals surface area contributed by atoms with Crippen LogP contribution < -0.4 is 16.4 Å². The van der Waals surface area contributed by atoms with E-state index in [-0.39, 0.29) is 5.91 Å². The van der Waals surface area contributed by atoms with Crippen molar-refractivity contribution < 1.29 is 14.3 Å². The fourth-order valence-electron chi connectivity index (χ4n) is 1.40. The molecule has 0 aliphatic carbocycles. The molecule has 6 nitrogen and oxygen atoms in total. The lowest BCUT2D eigenvalue weighted by Gasteiger charge is -2.21. The number of nitrogens with two attached hydrogens (primary N) is 1. The molecule has 1 rings (SSSR count). The van der Waals surface area contributed by atoms with Gasteiger partial charge in [-0.3, -0.25) is 4.79 Å². The number of anilines is 2. The highest BCUT2D eigenvalue weighted by Crippen LogP contribution is 2.16. The first-order valence-corrected chi connectivity index (χ1v) is 6.34. The fraction of sp³-hybridized carbons (Fsp3) is 0.429. The molecule has 0 saturated heterocycles. The maximum Gasteiger partial charge on any atom is 0.408 e. The van der Waals surface area contributed by atoms with E-state index in [1.54, 1.807) is 52.0 Å². The third-order valence-electron chi connectivity index (χ3n) is 2.35. The second-order valence-electron chi connectivity index (χ2n) is 5.44. The van der Waals surface area contributed by atoms with Gasteiger partial charge in [-0.2, -0.15) is 0 Å². The number of carbonyl (C=O) groups is 2. The topological polar surface area (TPSA) is 93.4 Å². The molecule has 0 heterocycles. The third kappa shape index (κ3) is 5.17. The molecule has 0 spiro atoms. The summed E-state index contributed by atoms with van der Waals surface area (Å²) in [7, 11) is 0. The normalized spacial score (nSPS) is 12.4. The molecule has 0 fully saturated rings. The first-order valence-electron chi connectivity index (χ1n) is 6.34. The van der Waals surface area contributed by atoms with Gasteiger partial charge in [-0.25, -0.2) is 4.79 Å². The number of nitrogens with one attached hydrogen (secondary N) is 2. The van der Waals surface area contributed by atoms with Crippen LogP contribution in [0.4, 0.5) is 16.2 Å². The highest BCUT2D eigenvalue weighted by molar-refractivity contribution is 5.98. The Hall–Kier alpha value is -2.24. The molecular weight excluding hydrogens is 258 g/mol. The summed E-state index contributed by atoms with van der Waals surface area (Å²) >= 11 is 0. The van der Waals surface area contributed by atoms with E-state index in [9.17, 15) is 9.59 Å². The number of hydrogen-bond acceptors (Lipinski definition) is 4. The Morgan fingerprint density at radius 2 is 1.85 bits per heavy atom. The van der Waals surface area contributed by atoms with Crippen LogP contribution in [0.5, 0.6) is 0 Å². The van der Waals surface area contributed by atoms with Crippen LogP contribution >= 0.6 is 0 Å². The Labute approximate surface area is 118 Å². The van der Waals surface area contributed by atoms with Crippen LogP contribution in [0.25, 0.3) is 0 Å². The predicted octanol–water partition coefficient (Wildman–Crippen LogP) is 2.12. The van der Waals surface area contributed by atoms with Gasteiger partial charge >= 0.3 is 6.09 Å². The molecule has 0 radical (unpaired) electrons. The van der Waals surface area contributed by atoms with Gasteiger partial charge in [0.1, 0.15) is 11.6 Å². The van der Waals surface area contributed by atoms with E-state index in [4.69, 9.17) is 10.5 Å². The van der Waals surface area contributed by atoms with Crippen LogP contribution in [0.2, 0.25) is 0 Å². The number of ether oxygens (including phenoxy) is 1. The summed E-state index contributed by atoms with van der Waals surface area (Å²) in [5, 5.41) is 5.11. The average molecular weight is 279 g/mol. The Morgan fingerprint density at radius 1 is 1.25 bits per heavy atom. The second-order valence-corrected chi connectivity index (χ2v) is 5.44. The van der Waals surface area contributed by atoms with E-state index in [0.29, 0.717) is 11.4 Å². The zero-order valence-electron chi connectivity index (χ0n) is 12.2. The molecule has 1 aromatic rings. The van der Waals surface area contributed by atoms with E-state index in [1.165, 1.54) is 0 Å². The van der Waals surface area contributed by atoms with Crippen molar-refractivity contribution in [2.45, 2.75) is 39.3 Å². The first kappa shape index (κ1) is 15.8. The van der Waals surface area contributed by atoms with Crippen molar-refractivity contribution >= 4 is 23.4 Å². The zero-order valence-corrected chi connectivity index (χ0v) is 12.2. The van der Waals surface area contributed by atoms with Crippen molar-refractivity contribution in [2.75, 3.05) is 11.1 Å². The SMILES string of the molecule is C[C@H](NC(=O)OC(C)(C)C)C(=O)Nc1ccccc1N. The summed E-state index contributed by atoms with van der Waals surface area (Å²) in [4.78, 5) is 23.5. The van der Waals surface area contributed by atoms with Gasteiger partial charge in [-0.1, -0.05) is 12.1 Å². The molecule has 0 saturated carbocycles. The van der Waals surface area contributed by atoms with Gasteiger partial charge in [0.25, 0.3) is 0 Å². The monoisotopic (exact) mass is 279 g/mol. The largest absolute Gasteiger partial charge is 0.444 e. The highest BCUT2D eigenvalue weighted by atomic mass is 16.6. The molecule has 0 unspecified atom stereocenters. The number of alkyl carbamates (subject to hydrolysis) is 1. The molecule has 20 heavy (non-hydrogen) atoms. The van der Waals surface area contributed by atoms with Crippen LogP contribution in [0.3, 0.4) is 0 Å². The average Bonchev–Trinajstić information content (AvgIpc) is 2.29. The number of benzene rings is 1. The quantitative estimate of drug-likeness (QED) is 0.739. The molecule has 0 bridgehead atoms. The Kier molecular flexibility index (Phi) is 4.96. The molecule has 1 atom stereocenters. The number of hydrogen-bond donors (Lipinski definition) is 3. The molecule has 2 amide bonds. The smallest absolute Gasteiger partial charge is 0.408 e. The van der Waals surface area contributed by atoms with E-state index in [1.807, 2.05) is 0 Å². The number of carbonyl (C=O) groups excluding carboxylic acids is 2. The predicted molar refractivity (Wildman–Crippen MR) is 78.3 cm³/mol. The lowest BCUT2D eigenvalue weighted by molar-refractivity contribution is -0.117. The lowest BCUT2D eigenvalue weighted by atomic mass is 10.2. The maximum absolute atomic E-state index is 11.9. The maximum atomic E-state index is 11.9. The standard InChI is InChI=1S/C14H21N3O3/c1-9(16-13(19)20-14(2,3)4)12(18)17-11-8-6-5-7-10(11)15/h5-9H,15H2,1-4H3,(H,16,19)(H,17,18)/t9-/m0/s1. The Bertz CT molecular complexity index is 495. The number of nitrogen functional groups attached to an aromatic ring is 1. The summed E-state index contributed by atoms with van der Waals surface area (Å²) in [5.74, 6) is -0.367. The summed E-state index contributed by atoms with van der Waals surface area (Å²) in [6.45, 7) is 6.82. The van der Waals surface area contributed by atoms with Gasteiger partial charge in [-0.05, 0) is 39.8 Å². The zero-order chi connectivity index (χ0) is 15.3. The van der Waals surface area contributed by atoms with E-state index >= 15 is 0 Å². The minimum atomic E-state index is -0.732. The second kappa shape index (κ2) is 6.27. The minimum Gasteiger partial charge on any atom is -0.444 e. The highest BCUT2D eigenvalue weighted by Gasteiger charge is 2.21. The van der Waals surface area contributed by atoms with Crippen molar-refractivity contribution in [3.8, 4) is 0 Å². The summed E-state index contributed by atoms with van der Waals surface area (Å²) in [5.41, 5.74) is 6.09. The van der Waals surface area contributed by atoms with Crippen LogP contribution in [-0.4, -0.2) is 23.6 Å². The van der Waals surface area contributed by atoms with Crippen LogP contribution in [0.1, 0.15) is 27.7 Å². The van der Waals surface area contributed by atoms with Crippen LogP contribution in [0.15, 0.2) is 24.3 Å². The van der Waals surface area contributed by atoms with E-state index in [2.05, 4.69) is 10.6 Å². The van der Waals surface area contributed by atoms with Crippen LogP contribution in [0, 0.1) is 0 Å². The van der Waals surface area contributed by atoms with Gasteiger partial charge in [0.15, 0.2) is 0 Å². The molecule has 0 aliphatic heterocycles. The number of rotatable bonds is 3. The van der Waals surface area contributed by atoms with Gasteiger partial charge < -0.3 is 21.1 Å². The molecule has 6 heteroatoms. The summed E-state index contributed by atoms with van der Waals surface area (Å²) in [6.07, 6.45) is -0.638. The summed E-state index contributed by atoms with van der Waals surface area (Å²) < 4.78 is 5.08. The van der Waals surface area contributed by atoms with Crippen molar-refractivity contribution in [1.29, 1.82) is 0 Å². The lowest BCUT2D eigenvalue weighted by Crippen LogP contribution is -2.44. The van der Waals surface area contributed by atoms with Crippen molar-refractivity contribution in [3.63, 3.8) is 0 Å². The van der Waals surface area contributed by atoms with Gasteiger partial charge in [0.2, 0.25) is 5.91 Å². The van der Waals surface area contributed by atoms with Gasteiger partial charge in [-0.15, -0.1) is 0 Å². The van der Waals surface area contributed by atoms with Crippen molar-refractivity contribution in [2.24, 2.45) is 0 Å². The molecule has 4 N–H and O–H groups in total. The number of para-hydroxylation sites is 2. The van der Waals surface area contributed by atoms with E-state index in [0.717, 1.165) is 0 Å². The molecule has 1 aromatic carbocycles. The first-order chi connectivity index (χ1) is 9.19. The van der Waals surface area contributed by atoms with E-state index < -0.39 is 17.7 Å². The molecule has 0 aliphatic rings. The minimum absolute atomic E-state index is 0.367. The third-order valence-corrected chi connectivity index (χ3v) is 2.35. The fourth-order valence-corrected chi connectivity index (χ4v) is 1.40. The summed E-state index contributed by atoms with van der Waals surface area (Å²) in [6, 6.07) is 6.17. The Balaban J connectivity index is 2.56. The van der Waals surface area contributed by atoms with Gasteiger partial charge in [0, 0.05) is 0 Å². The van der Waals surface area contributed by atoms with Crippen LogP contribution in [-0.2, 0) is 9.53 Å². The molecule has 110 valence electrons. The number of amides is 2. The molecular formula is C14H21N3O3. The van der Waals surface area contributed by atoms with Crippen molar-refractivity contribution in [3.05, 3.63) is 24.3 Å². The van der Waals surface area contributed by atoms with Gasteiger partial charge in [0.05, 0.1) is 11.4 Å².